The molecule has 1 aromatic heterocycles. The Morgan fingerprint density at radius 2 is 1.69 bits per heavy atom. The summed E-state index contributed by atoms with van der Waals surface area (Å²) in [6.45, 7) is 11.6. The molecule has 1 fully saturated rings. The van der Waals surface area contributed by atoms with Crippen LogP contribution >= 0.6 is 0 Å². The Labute approximate surface area is 250 Å². The lowest BCUT2D eigenvalue weighted by molar-refractivity contribution is 0.0937. The second-order valence-corrected chi connectivity index (χ2v) is 11.4. The van der Waals surface area contributed by atoms with E-state index >= 15 is 0 Å². The number of benzene rings is 2. The summed E-state index contributed by atoms with van der Waals surface area (Å²) in [5.41, 5.74) is 6.54. The van der Waals surface area contributed by atoms with E-state index in [1.54, 1.807) is 26.3 Å². The second kappa shape index (κ2) is 14.3. The highest BCUT2D eigenvalue weighted by Gasteiger charge is 2.28. The number of amides is 2. The molecule has 0 aliphatic carbocycles. The maximum absolute atomic E-state index is 13.0. The van der Waals surface area contributed by atoms with Gasteiger partial charge in [-0.05, 0) is 112 Å². The molecule has 8 heteroatoms. The maximum atomic E-state index is 13.0. The zero-order valence-electron chi connectivity index (χ0n) is 25.9. The summed E-state index contributed by atoms with van der Waals surface area (Å²) < 4.78 is 5.40. The number of pyridine rings is 1. The molecule has 0 radical (unpaired) electrons. The van der Waals surface area contributed by atoms with Crippen molar-refractivity contribution in [3.63, 3.8) is 0 Å². The number of aryl methyl sites for hydroxylation is 3. The van der Waals surface area contributed by atoms with Crippen molar-refractivity contribution in [3.8, 4) is 5.75 Å². The zero-order chi connectivity index (χ0) is 30.2. The first-order valence-corrected chi connectivity index (χ1v) is 14.9. The summed E-state index contributed by atoms with van der Waals surface area (Å²) in [6, 6.07) is 14.8. The molecule has 1 aliphatic rings. The van der Waals surface area contributed by atoms with Crippen LogP contribution in [-0.2, 0) is 6.54 Å². The molecule has 2 heterocycles. The van der Waals surface area contributed by atoms with Crippen LogP contribution in [0.25, 0.3) is 0 Å². The SMILES string of the molecule is CNC(=O)c1cc(C)c(C(=O)NCCC(C)N2CCC(N(Cc3cnccc3C)c3ccc(OC)cc3)CC2)c(C)c1. The minimum absolute atomic E-state index is 0.0832. The fourth-order valence-corrected chi connectivity index (χ4v) is 5.95. The van der Waals surface area contributed by atoms with Gasteiger partial charge < -0.3 is 25.2 Å². The first-order chi connectivity index (χ1) is 20.2. The predicted molar refractivity (Wildman–Crippen MR) is 168 cm³/mol. The number of anilines is 1. The van der Waals surface area contributed by atoms with Crippen molar-refractivity contribution >= 4 is 17.5 Å². The third-order valence-electron chi connectivity index (χ3n) is 8.55. The fraction of sp³-hybridized carbons (Fsp3) is 0.441. The quantitative estimate of drug-likeness (QED) is 0.335. The number of carbonyl (C=O) groups excluding carboxylic acids is 2. The molecule has 4 rings (SSSR count). The number of methoxy groups -OCH3 is 1. The highest BCUT2D eigenvalue weighted by molar-refractivity contribution is 6.00. The van der Waals surface area contributed by atoms with Crippen LogP contribution < -0.4 is 20.3 Å². The number of hydrogen-bond donors (Lipinski definition) is 2. The number of nitrogens with zero attached hydrogens (tertiary/aromatic N) is 3. The molecule has 0 spiro atoms. The first-order valence-electron chi connectivity index (χ1n) is 14.9. The highest BCUT2D eigenvalue weighted by Crippen LogP contribution is 2.29. The standard InChI is InChI=1S/C34H45N5O3/c1-23-11-15-36-21-28(23)22-39(29-7-9-31(42-6)10-8-29)30-13-17-38(18-14-30)26(4)12-16-37-34(41)32-24(2)19-27(20-25(32)3)33(40)35-5/h7-11,15,19-21,26,30H,12-14,16-18,22H2,1-6H3,(H,35,40)(H,37,41). The highest BCUT2D eigenvalue weighted by atomic mass is 16.5. The predicted octanol–water partition coefficient (Wildman–Crippen LogP) is 5.05. The second-order valence-electron chi connectivity index (χ2n) is 11.4. The fourth-order valence-electron chi connectivity index (χ4n) is 5.95. The first kappa shape index (κ1) is 31.0. The van der Waals surface area contributed by atoms with Gasteiger partial charge in [-0.2, -0.15) is 0 Å². The molecular weight excluding hydrogens is 526 g/mol. The van der Waals surface area contributed by atoms with Crippen LogP contribution in [-0.4, -0.2) is 67.6 Å². The molecule has 42 heavy (non-hydrogen) atoms. The van der Waals surface area contributed by atoms with E-state index in [1.165, 1.54) is 16.8 Å². The van der Waals surface area contributed by atoms with Crippen LogP contribution in [0, 0.1) is 20.8 Å². The zero-order valence-corrected chi connectivity index (χ0v) is 25.9. The number of carbonyl (C=O) groups is 2. The van der Waals surface area contributed by atoms with Gasteiger partial charge in [0.2, 0.25) is 0 Å². The average Bonchev–Trinajstić information content (AvgIpc) is 3.00. The third kappa shape index (κ3) is 7.48. The van der Waals surface area contributed by atoms with E-state index in [-0.39, 0.29) is 11.8 Å². The Balaban J connectivity index is 1.33. The van der Waals surface area contributed by atoms with Gasteiger partial charge in [0.1, 0.15) is 5.75 Å². The van der Waals surface area contributed by atoms with Gasteiger partial charge in [-0.25, -0.2) is 0 Å². The molecule has 2 N–H and O–H groups in total. The van der Waals surface area contributed by atoms with Crippen LogP contribution in [0.4, 0.5) is 5.69 Å². The molecule has 8 nitrogen and oxygen atoms in total. The molecule has 3 aromatic rings. The summed E-state index contributed by atoms with van der Waals surface area (Å²) in [4.78, 5) is 34.5. The number of nitrogens with one attached hydrogen (secondary N) is 2. The topological polar surface area (TPSA) is 86.8 Å². The lowest BCUT2D eigenvalue weighted by Crippen LogP contribution is -2.48. The molecule has 1 saturated heterocycles. The van der Waals surface area contributed by atoms with Gasteiger partial charge in [0.05, 0.1) is 7.11 Å². The molecular formula is C34H45N5O3. The molecule has 224 valence electrons. The van der Waals surface area contributed by atoms with Crippen LogP contribution in [0.15, 0.2) is 54.9 Å². The van der Waals surface area contributed by atoms with E-state index in [4.69, 9.17) is 4.74 Å². The third-order valence-corrected chi connectivity index (χ3v) is 8.55. The number of piperidine rings is 1. The van der Waals surface area contributed by atoms with E-state index in [9.17, 15) is 9.59 Å². The van der Waals surface area contributed by atoms with Crippen LogP contribution in [0.2, 0.25) is 0 Å². The molecule has 2 aromatic carbocycles. The largest absolute Gasteiger partial charge is 0.497 e. The Kier molecular flexibility index (Phi) is 10.6. The Bertz CT molecular complexity index is 1340. The van der Waals surface area contributed by atoms with Gasteiger partial charge in [0.25, 0.3) is 11.8 Å². The lowest BCUT2D eigenvalue weighted by atomic mass is 9.98. The van der Waals surface area contributed by atoms with Gasteiger partial charge in [-0.15, -0.1) is 0 Å². The van der Waals surface area contributed by atoms with E-state index in [2.05, 4.69) is 57.5 Å². The Hall–Kier alpha value is -3.91. The van der Waals surface area contributed by atoms with Crippen LogP contribution in [0.3, 0.4) is 0 Å². The van der Waals surface area contributed by atoms with Crippen molar-refractivity contribution in [3.05, 3.63) is 88.2 Å². The van der Waals surface area contributed by atoms with Crippen LogP contribution in [0.1, 0.15) is 69.2 Å². The van der Waals surface area contributed by atoms with Crippen molar-refractivity contribution in [1.29, 1.82) is 0 Å². The summed E-state index contributed by atoms with van der Waals surface area (Å²) in [5.74, 6) is 0.628. The van der Waals surface area contributed by atoms with Crippen molar-refractivity contribution < 1.29 is 14.3 Å². The van der Waals surface area contributed by atoms with Crippen molar-refractivity contribution in [1.82, 2.24) is 20.5 Å². The summed E-state index contributed by atoms with van der Waals surface area (Å²) in [6.07, 6.45) is 6.85. The summed E-state index contributed by atoms with van der Waals surface area (Å²) >= 11 is 0. The van der Waals surface area contributed by atoms with Gasteiger partial charge in [0, 0.05) is 74.5 Å². The number of ether oxygens (including phenoxy) is 1. The van der Waals surface area contributed by atoms with Crippen molar-refractivity contribution in [2.75, 3.05) is 38.7 Å². The number of rotatable bonds is 11. The Morgan fingerprint density at radius 1 is 1.02 bits per heavy atom. The molecule has 0 bridgehead atoms. The number of aromatic nitrogens is 1. The lowest BCUT2D eigenvalue weighted by Gasteiger charge is -2.42. The van der Waals surface area contributed by atoms with Gasteiger partial charge in [0.15, 0.2) is 0 Å². The van der Waals surface area contributed by atoms with E-state index in [1.807, 2.05) is 38.4 Å². The minimum Gasteiger partial charge on any atom is -0.497 e. The van der Waals surface area contributed by atoms with Gasteiger partial charge >= 0.3 is 0 Å². The Morgan fingerprint density at radius 3 is 2.29 bits per heavy atom. The van der Waals surface area contributed by atoms with Gasteiger partial charge in [-0.3, -0.25) is 14.6 Å². The summed E-state index contributed by atoms with van der Waals surface area (Å²) in [5, 5.41) is 5.76. The summed E-state index contributed by atoms with van der Waals surface area (Å²) in [7, 11) is 3.31. The van der Waals surface area contributed by atoms with Crippen molar-refractivity contribution in [2.24, 2.45) is 0 Å². The van der Waals surface area contributed by atoms with Crippen LogP contribution in [0.5, 0.6) is 5.75 Å². The van der Waals surface area contributed by atoms with E-state index in [0.29, 0.717) is 29.8 Å². The smallest absolute Gasteiger partial charge is 0.251 e. The average molecular weight is 572 g/mol. The number of hydrogen-bond acceptors (Lipinski definition) is 6. The minimum atomic E-state index is -0.148. The molecule has 1 aliphatic heterocycles. The molecule has 1 unspecified atom stereocenters. The monoisotopic (exact) mass is 571 g/mol. The number of likely N-dealkylation sites (tertiary alicyclic amines) is 1. The van der Waals surface area contributed by atoms with Gasteiger partial charge in [-0.1, -0.05) is 0 Å². The maximum Gasteiger partial charge on any atom is 0.251 e. The molecule has 2 amide bonds. The normalized spacial score (nSPS) is 14.7. The van der Waals surface area contributed by atoms with E-state index in [0.717, 1.165) is 55.8 Å². The van der Waals surface area contributed by atoms with E-state index < -0.39 is 0 Å². The molecule has 0 saturated carbocycles. The van der Waals surface area contributed by atoms with Crippen molar-refractivity contribution in [2.45, 2.75) is 65.6 Å². The molecule has 1 atom stereocenters.